The molecule has 0 fully saturated rings. The Kier molecular flexibility index (Phi) is 2.86. The van der Waals surface area contributed by atoms with Crippen molar-refractivity contribution in [3.05, 3.63) is 35.7 Å². The van der Waals surface area contributed by atoms with Gasteiger partial charge in [0.25, 0.3) is 0 Å². The molecule has 0 aliphatic carbocycles. The first-order valence-corrected chi connectivity index (χ1v) is 5.79. The molecule has 86 valence electrons. The third-order valence-electron chi connectivity index (χ3n) is 3.08. The smallest absolute Gasteiger partial charge is 0.0848 e. The van der Waals surface area contributed by atoms with E-state index in [-0.39, 0.29) is 0 Å². The largest absolute Gasteiger partial charge is 0.379 e. The van der Waals surface area contributed by atoms with Crippen LogP contribution in [-0.2, 0) is 0 Å². The summed E-state index contributed by atoms with van der Waals surface area (Å²) in [7, 11) is 0. The fraction of sp³-hybridized carbons (Fsp3) is 0.462. The maximum Gasteiger partial charge on any atom is 0.0848 e. The summed E-state index contributed by atoms with van der Waals surface area (Å²) < 4.78 is 2.12. The molecule has 0 saturated carbocycles. The number of nitrogens with zero attached hydrogens (tertiary/aromatic N) is 2. The summed E-state index contributed by atoms with van der Waals surface area (Å²) in [6.45, 7) is 8.44. The Morgan fingerprint density at radius 3 is 2.88 bits per heavy atom. The minimum absolute atomic E-state index is 0.395. The van der Waals surface area contributed by atoms with Gasteiger partial charge in [0.15, 0.2) is 0 Å². The zero-order valence-corrected chi connectivity index (χ0v) is 10.4. The Balaban J connectivity index is 2.48. The summed E-state index contributed by atoms with van der Waals surface area (Å²) in [5.74, 6) is 0. The maximum atomic E-state index is 4.55. The van der Waals surface area contributed by atoms with Crippen LogP contribution in [0, 0.1) is 6.92 Å². The standard InChI is InChI=1S/C13H19N3/c1-5-6-7-12-13-8-9(2)15-16(13)11(4)10(3)14-12/h5-8,10-11,14H,1-4H3/b6-5-,12-7-. The van der Waals surface area contributed by atoms with Crippen molar-refractivity contribution >= 4 is 5.70 Å². The lowest BCUT2D eigenvalue weighted by Crippen LogP contribution is -2.39. The Labute approximate surface area is 96.9 Å². The van der Waals surface area contributed by atoms with Crippen molar-refractivity contribution in [2.45, 2.75) is 39.8 Å². The van der Waals surface area contributed by atoms with E-state index < -0.39 is 0 Å². The van der Waals surface area contributed by atoms with Crippen LogP contribution < -0.4 is 5.32 Å². The lowest BCUT2D eigenvalue weighted by molar-refractivity contribution is 0.371. The second kappa shape index (κ2) is 4.16. The number of fused-ring (bicyclic) bond motifs is 1. The molecule has 2 atom stereocenters. The molecule has 2 heterocycles. The molecule has 1 aliphatic rings. The second-order valence-electron chi connectivity index (χ2n) is 4.40. The Hall–Kier alpha value is -1.51. The van der Waals surface area contributed by atoms with E-state index in [1.54, 1.807) is 0 Å². The highest BCUT2D eigenvalue weighted by molar-refractivity contribution is 5.64. The van der Waals surface area contributed by atoms with E-state index in [9.17, 15) is 0 Å². The van der Waals surface area contributed by atoms with Gasteiger partial charge in [-0.15, -0.1) is 0 Å². The average Bonchev–Trinajstić information content (AvgIpc) is 2.64. The van der Waals surface area contributed by atoms with E-state index in [1.807, 2.05) is 19.9 Å². The van der Waals surface area contributed by atoms with E-state index in [1.165, 1.54) is 5.69 Å². The number of aryl methyl sites for hydroxylation is 1. The highest BCUT2D eigenvalue weighted by atomic mass is 15.3. The first-order chi connectivity index (χ1) is 7.63. The number of nitrogens with one attached hydrogen (secondary N) is 1. The van der Waals surface area contributed by atoms with Crippen LogP contribution in [-0.4, -0.2) is 15.8 Å². The van der Waals surface area contributed by atoms with Crippen molar-refractivity contribution in [2.24, 2.45) is 0 Å². The number of hydrogen-bond acceptors (Lipinski definition) is 2. The van der Waals surface area contributed by atoms with Gasteiger partial charge in [0, 0.05) is 6.04 Å². The van der Waals surface area contributed by atoms with Crippen molar-refractivity contribution < 1.29 is 0 Å². The molecule has 0 aromatic carbocycles. The first-order valence-electron chi connectivity index (χ1n) is 5.79. The summed E-state index contributed by atoms with van der Waals surface area (Å²) >= 11 is 0. The van der Waals surface area contributed by atoms with Gasteiger partial charge in [-0.2, -0.15) is 5.10 Å². The third-order valence-corrected chi connectivity index (χ3v) is 3.08. The molecular formula is C13H19N3. The summed E-state index contributed by atoms with van der Waals surface area (Å²) in [5.41, 5.74) is 3.41. The molecule has 0 radical (unpaired) electrons. The van der Waals surface area contributed by atoms with E-state index in [0.717, 1.165) is 11.4 Å². The Morgan fingerprint density at radius 2 is 2.19 bits per heavy atom. The molecule has 1 aliphatic heterocycles. The third kappa shape index (κ3) is 1.77. The molecular weight excluding hydrogens is 198 g/mol. The van der Waals surface area contributed by atoms with E-state index in [2.05, 4.69) is 47.2 Å². The average molecular weight is 217 g/mol. The van der Waals surface area contributed by atoms with Gasteiger partial charge in [0.1, 0.15) is 0 Å². The predicted molar refractivity (Wildman–Crippen MR) is 67.1 cm³/mol. The highest BCUT2D eigenvalue weighted by Crippen LogP contribution is 2.26. The molecule has 0 saturated heterocycles. The molecule has 1 N–H and O–H groups in total. The molecule has 0 bridgehead atoms. The minimum atomic E-state index is 0.395. The van der Waals surface area contributed by atoms with Gasteiger partial charge in [-0.25, -0.2) is 0 Å². The van der Waals surface area contributed by atoms with Crippen LogP contribution in [0.25, 0.3) is 5.70 Å². The van der Waals surface area contributed by atoms with Gasteiger partial charge in [-0.05, 0) is 39.8 Å². The van der Waals surface area contributed by atoms with Gasteiger partial charge in [-0.3, -0.25) is 4.68 Å². The lowest BCUT2D eigenvalue weighted by Gasteiger charge is -2.31. The van der Waals surface area contributed by atoms with Crippen molar-refractivity contribution in [3.8, 4) is 0 Å². The first kappa shape index (κ1) is 11.0. The SMILES string of the molecule is C/C=C\C=C1/NC(C)C(C)n2nc(C)cc21. The molecule has 1 aromatic rings. The molecule has 0 amide bonds. The number of rotatable bonds is 1. The molecule has 1 aromatic heterocycles. The number of aromatic nitrogens is 2. The quantitative estimate of drug-likeness (QED) is 0.783. The van der Waals surface area contributed by atoms with Crippen molar-refractivity contribution in [1.82, 2.24) is 15.1 Å². The van der Waals surface area contributed by atoms with E-state index in [0.29, 0.717) is 12.1 Å². The van der Waals surface area contributed by atoms with Gasteiger partial charge in [0.05, 0.1) is 23.1 Å². The Bertz CT molecular complexity index is 440. The zero-order chi connectivity index (χ0) is 11.7. The van der Waals surface area contributed by atoms with Gasteiger partial charge >= 0.3 is 0 Å². The Morgan fingerprint density at radius 1 is 1.44 bits per heavy atom. The van der Waals surface area contributed by atoms with Crippen molar-refractivity contribution in [1.29, 1.82) is 0 Å². The molecule has 3 heteroatoms. The van der Waals surface area contributed by atoms with Crippen LogP contribution in [0.2, 0.25) is 0 Å². The van der Waals surface area contributed by atoms with Gasteiger partial charge < -0.3 is 5.32 Å². The zero-order valence-electron chi connectivity index (χ0n) is 10.4. The van der Waals surface area contributed by atoms with E-state index in [4.69, 9.17) is 0 Å². The fourth-order valence-corrected chi connectivity index (χ4v) is 2.01. The molecule has 2 unspecified atom stereocenters. The monoisotopic (exact) mass is 217 g/mol. The number of allylic oxidation sites excluding steroid dienone is 3. The van der Waals surface area contributed by atoms with Gasteiger partial charge in [0.2, 0.25) is 0 Å². The van der Waals surface area contributed by atoms with Crippen LogP contribution in [0.1, 0.15) is 38.2 Å². The molecule has 2 rings (SSSR count). The maximum absolute atomic E-state index is 4.55. The normalized spacial score (nSPS) is 27.1. The van der Waals surface area contributed by atoms with Crippen LogP contribution in [0.15, 0.2) is 24.3 Å². The van der Waals surface area contributed by atoms with Crippen LogP contribution in [0.4, 0.5) is 0 Å². The molecule has 16 heavy (non-hydrogen) atoms. The van der Waals surface area contributed by atoms with Crippen molar-refractivity contribution in [2.75, 3.05) is 0 Å². The number of hydrogen-bond donors (Lipinski definition) is 1. The topological polar surface area (TPSA) is 29.9 Å². The predicted octanol–water partition coefficient (Wildman–Crippen LogP) is 2.66. The lowest BCUT2D eigenvalue weighted by atomic mass is 10.1. The minimum Gasteiger partial charge on any atom is -0.379 e. The summed E-state index contributed by atoms with van der Waals surface area (Å²) in [4.78, 5) is 0. The van der Waals surface area contributed by atoms with Crippen LogP contribution >= 0.6 is 0 Å². The summed E-state index contributed by atoms with van der Waals surface area (Å²) in [6.07, 6.45) is 6.19. The van der Waals surface area contributed by atoms with Gasteiger partial charge in [-0.1, -0.05) is 12.2 Å². The van der Waals surface area contributed by atoms with Crippen molar-refractivity contribution in [3.63, 3.8) is 0 Å². The second-order valence-corrected chi connectivity index (χ2v) is 4.40. The summed E-state index contributed by atoms with van der Waals surface area (Å²) in [5, 5.41) is 8.07. The fourth-order valence-electron chi connectivity index (χ4n) is 2.01. The molecule has 3 nitrogen and oxygen atoms in total. The highest BCUT2D eigenvalue weighted by Gasteiger charge is 2.25. The van der Waals surface area contributed by atoms with Crippen LogP contribution in [0.3, 0.4) is 0 Å². The van der Waals surface area contributed by atoms with E-state index >= 15 is 0 Å². The van der Waals surface area contributed by atoms with Crippen LogP contribution in [0.5, 0.6) is 0 Å². The summed E-state index contributed by atoms with van der Waals surface area (Å²) in [6, 6.07) is 2.93. The molecule has 0 spiro atoms.